The monoisotopic (exact) mass is 430 g/mol. The van der Waals surface area contributed by atoms with Crippen molar-refractivity contribution in [3.8, 4) is 0 Å². The average molecular weight is 431 g/mol. The van der Waals surface area contributed by atoms with E-state index in [4.69, 9.17) is 14.1 Å². The molecule has 1 saturated carbocycles. The van der Waals surface area contributed by atoms with Crippen LogP contribution < -0.4 is 5.32 Å². The molecule has 1 N–H and O–H groups in total. The normalized spacial score (nSPS) is 17.4. The Bertz CT molecular complexity index is 1170. The van der Waals surface area contributed by atoms with Crippen LogP contribution in [0.3, 0.4) is 0 Å². The van der Waals surface area contributed by atoms with Crippen molar-refractivity contribution in [3.63, 3.8) is 0 Å². The maximum atomic E-state index is 13.2. The molecule has 0 radical (unpaired) electrons. The molecule has 6 nitrogen and oxygen atoms in total. The SMILES string of the molecule is O=C(COC(=O)c1c2c(nc3ccccc13)C(=Cc1ccco1)CCC2)NC1CCCC1. The number of nitrogens with one attached hydrogen (secondary N) is 1. The molecule has 0 saturated heterocycles. The number of aromatic nitrogens is 1. The van der Waals surface area contributed by atoms with Gasteiger partial charge in [0.15, 0.2) is 6.61 Å². The number of nitrogens with zero attached hydrogens (tertiary/aromatic N) is 1. The zero-order valence-corrected chi connectivity index (χ0v) is 17.9. The fourth-order valence-electron chi connectivity index (χ4n) is 4.80. The Morgan fingerprint density at radius 3 is 2.75 bits per heavy atom. The molecule has 0 atom stereocenters. The van der Waals surface area contributed by atoms with E-state index >= 15 is 0 Å². The van der Waals surface area contributed by atoms with E-state index in [1.807, 2.05) is 42.5 Å². The highest BCUT2D eigenvalue weighted by molar-refractivity contribution is 6.07. The summed E-state index contributed by atoms with van der Waals surface area (Å²) in [6, 6.07) is 11.5. The third-order valence-corrected chi connectivity index (χ3v) is 6.29. The van der Waals surface area contributed by atoms with Crippen LogP contribution in [0.25, 0.3) is 22.6 Å². The predicted molar refractivity (Wildman–Crippen MR) is 122 cm³/mol. The van der Waals surface area contributed by atoms with E-state index in [1.165, 1.54) is 0 Å². The van der Waals surface area contributed by atoms with Gasteiger partial charge in [-0.2, -0.15) is 0 Å². The van der Waals surface area contributed by atoms with Gasteiger partial charge in [0.05, 0.1) is 23.0 Å². The number of hydrogen-bond acceptors (Lipinski definition) is 5. The Morgan fingerprint density at radius 2 is 1.94 bits per heavy atom. The topological polar surface area (TPSA) is 81.4 Å². The first-order chi connectivity index (χ1) is 15.7. The van der Waals surface area contributed by atoms with E-state index in [0.29, 0.717) is 5.56 Å². The predicted octanol–water partition coefficient (Wildman–Crippen LogP) is 4.92. The molecule has 0 unspecified atom stereocenters. The van der Waals surface area contributed by atoms with Crippen LogP contribution in [0.15, 0.2) is 47.1 Å². The van der Waals surface area contributed by atoms with Gasteiger partial charge in [-0.3, -0.25) is 4.79 Å². The van der Waals surface area contributed by atoms with Crippen LogP contribution in [0.4, 0.5) is 0 Å². The molecule has 1 fully saturated rings. The number of ether oxygens (including phenoxy) is 1. The highest BCUT2D eigenvalue weighted by atomic mass is 16.5. The minimum absolute atomic E-state index is 0.199. The van der Waals surface area contributed by atoms with Crippen molar-refractivity contribution in [3.05, 3.63) is 65.2 Å². The molecule has 0 aliphatic heterocycles. The van der Waals surface area contributed by atoms with Gasteiger partial charge < -0.3 is 14.5 Å². The quantitative estimate of drug-likeness (QED) is 0.581. The number of carbonyl (C=O) groups is 2. The summed E-state index contributed by atoms with van der Waals surface area (Å²) in [6.45, 7) is -0.268. The van der Waals surface area contributed by atoms with E-state index in [1.54, 1.807) is 6.26 Å². The molecule has 1 aromatic carbocycles. The number of carbonyl (C=O) groups excluding carboxylic acids is 2. The minimum Gasteiger partial charge on any atom is -0.465 e. The van der Waals surface area contributed by atoms with Gasteiger partial charge in [0.1, 0.15) is 5.76 Å². The summed E-state index contributed by atoms with van der Waals surface area (Å²) in [5.74, 6) is 0.0482. The molecule has 1 amide bonds. The summed E-state index contributed by atoms with van der Waals surface area (Å²) in [5.41, 5.74) is 3.99. The van der Waals surface area contributed by atoms with Crippen LogP contribution in [0.1, 0.15) is 65.9 Å². The summed E-state index contributed by atoms with van der Waals surface area (Å²) in [6.07, 6.45) is 10.4. The molecule has 2 aromatic heterocycles. The van der Waals surface area contributed by atoms with Gasteiger partial charge in [-0.05, 0) is 67.5 Å². The van der Waals surface area contributed by atoms with Crippen molar-refractivity contribution in [1.29, 1.82) is 0 Å². The fourth-order valence-corrected chi connectivity index (χ4v) is 4.80. The smallest absolute Gasteiger partial charge is 0.339 e. The van der Waals surface area contributed by atoms with Crippen molar-refractivity contribution in [2.45, 2.75) is 51.0 Å². The molecular weight excluding hydrogens is 404 g/mol. The lowest BCUT2D eigenvalue weighted by Gasteiger charge is -2.22. The molecule has 2 aliphatic carbocycles. The molecule has 2 heterocycles. The number of rotatable bonds is 5. The Balaban J connectivity index is 1.46. The maximum Gasteiger partial charge on any atom is 0.339 e. The number of amides is 1. The molecule has 0 spiro atoms. The molecule has 5 rings (SSSR count). The van der Waals surface area contributed by atoms with Gasteiger partial charge in [-0.25, -0.2) is 9.78 Å². The summed E-state index contributed by atoms with van der Waals surface area (Å²) in [7, 11) is 0. The summed E-state index contributed by atoms with van der Waals surface area (Å²) < 4.78 is 11.0. The van der Waals surface area contributed by atoms with Crippen LogP contribution in [0.2, 0.25) is 0 Å². The van der Waals surface area contributed by atoms with Crippen LogP contribution in [-0.2, 0) is 16.0 Å². The second-order valence-electron chi connectivity index (χ2n) is 8.49. The Hall–Kier alpha value is -3.41. The number of esters is 1. The van der Waals surface area contributed by atoms with Crippen LogP contribution in [-0.4, -0.2) is 29.5 Å². The molecule has 164 valence electrons. The molecule has 6 heteroatoms. The average Bonchev–Trinajstić information content (AvgIpc) is 3.51. The minimum atomic E-state index is -0.472. The number of allylic oxidation sites excluding steroid dienone is 1. The highest BCUT2D eigenvalue weighted by Crippen LogP contribution is 2.36. The van der Waals surface area contributed by atoms with Gasteiger partial charge in [0.25, 0.3) is 5.91 Å². The lowest BCUT2D eigenvalue weighted by atomic mass is 9.86. The highest BCUT2D eigenvalue weighted by Gasteiger charge is 2.27. The molecule has 32 heavy (non-hydrogen) atoms. The molecule has 2 aliphatic rings. The largest absolute Gasteiger partial charge is 0.465 e. The van der Waals surface area contributed by atoms with Crippen molar-refractivity contribution in [2.24, 2.45) is 0 Å². The third-order valence-electron chi connectivity index (χ3n) is 6.29. The van der Waals surface area contributed by atoms with Gasteiger partial charge in [-0.15, -0.1) is 0 Å². The molecule has 3 aromatic rings. The van der Waals surface area contributed by atoms with Crippen molar-refractivity contribution >= 4 is 34.4 Å². The zero-order chi connectivity index (χ0) is 21.9. The van der Waals surface area contributed by atoms with Crippen LogP contribution in [0.5, 0.6) is 0 Å². The van der Waals surface area contributed by atoms with E-state index in [9.17, 15) is 9.59 Å². The summed E-state index contributed by atoms with van der Waals surface area (Å²) in [5, 5.41) is 3.73. The maximum absolute atomic E-state index is 13.2. The second-order valence-corrected chi connectivity index (χ2v) is 8.49. The fraction of sp³-hybridized carbons (Fsp3) is 0.346. The summed E-state index contributed by atoms with van der Waals surface area (Å²) >= 11 is 0. The zero-order valence-electron chi connectivity index (χ0n) is 17.9. The number of pyridine rings is 1. The van der Waals surface area contributed by atoms with E-state index < -0.39 is 5.97 Å². The molecule has 0 bridgehead atoms. The lowest BCUT2D eigenvalue weighted by Crippen LogP contribution is -2.36. The second kappa shape index (κ2) is 8.99. The third kappa shape index (κ3) is 4.17. The summed E-state index contributed by atoms with van der Waals surface area (Å²) in [4.78, 5) is 30.4. The van der Waals surface area contributed by atoms with Crippen molar-refractivity contribution < 1.29 is 18.7 Å². The Morgan fingerprint density at radius 1 is 1.09 bits per heavy atom. The van der Waals surface area contributed by atoms with Crippen LogP contribution >= 0.6 is 0 Å². The first-order valence-electron chi connectivity index (χ1n) is 11.3. The lowest BCUT2D eigenvalue weighted by molar-refractivity contribution is -0.124. The van der Waals surface area contributed by atoms with Gasteiger partial charge in [0, 0.05) is 11.4 Å². The van der Waals surface area contributed by atoms with Gasteiger partial charge in [-0.1, -0.05) is 31.0 Å². The number of benzene rings is 1. The Labute approximate surface area is 186 Å². The van der Waals surface area contributed by atoms with E-state index in [0.717, 1.165) is 78.4 Å². The van der Waals surface area contributed by atoms with Crippen LogP contribution in [0, 0.1) is 0 Å². The van der Waals surface area contributed by atoms with E-state index in [-0.39, 0.29) is 18.6 Å². The number of hydrogen-bond donors (Lipinski definition) is 1. The first-order valence-corrected chi connectivity index (χ1v) is 11.3. The number of furan rings is 1. The number of para-hydroxylation sites is 1. The van der Waals surface area contributed by atoms with Gasteiger partial charge in [0.2, 0.25) is 0 Å². The Kier molecular flexibility index (Phi) is 5.75. The number of fused-ring (bicyclic) bond motifs is 2. The first kappa shape index (κ1) is 20.5. The van der Waals surface area contributed by atoms with E-state index in [2.05, 4.69) is 5.32 Å². The standard InChI is InChI=1S/C26H26N2O4/c29-23(27-18-8-1-2-9-18)16-32-26(30)24-20-11-3-4-13-22(20)28-25-17(7-5-12-21(24)25)15-19-10-6-14-31-19/h3-4,6,10-11,13-15,18H,1-2,5,7-9,12,16H2,(H,27,29). The van der Waals surface area contributed by atoms with Crippen molar-refractivity contribution in [2.75, 3.05) is 6.61 Å². The van der Waals surface area contributed by atoms with Crippen molar-refractivity contribution in [1.82, 2.24) is 10.3 Å². The molecular formula is C26H26N2O4. The van der Waals surface area contributed by atoms with Gasteiger partial charge >= 0.3 is 5.97 Å².